The average Bonchev–Trinajstić information content (AvgIpc) is 2.62. The lowest BCUT2D eigenvalue weighted by atomic mass is 10.2. The summed E-state index contributed by atoms with van der Waals surface area (Å²) < 4.78 is 28.7. The van der Waals surface area contributed by atoms with Crippen molar-refractivity contribution < 1.29 is 13.2 Å². The zero-order valence-corrected chi connectivity index (χ0v) is 14.7. The molecule has 25 heavy (non-hydrogen) atoms. The van der Waals surface area contributed by atoms with Gasteiger partial charge < -0.3 is 10.1 Å². The predicted molar refractivity (Wildman–Crippen MR) is 98.1 cm³/mol. The quantitative estimate of drug-likeness (QED) is 0.635. The first-order valence-electron chi connectivity index (χ1n) is 7.47. The largest absolute Gasteiger partial charge is 0.456 e. The summed E-state index contributed by atoms with van der Waals surface area (Å²) in [5.41, 5.74) is 1.33. The van der Waals surface area contributed by atoms with Crippen LogP contribution >= 0.6 is 11.6 Å². The van der Waals surface area contributed by atoms with Gasteiger partial charge in [0.25, 0.3) is 0 Å². The van der Waals surface area contributed by atoms with Crippen molar-refractivity contribution in [1.29, 1.82) is 0 Å². The molecule has 1 N–H and O–H groups in total. The summed E-state index contributed by atoms with van der Waals surface area (Å²) in [6.45, 7) is 0.298. The molecule has 0 saturated heterocycles. The molecule has 0 aliphatic carbocycles. The number of ether oxygens (including phenoxy) is 1. The maximum Gasteiger partial charge on any atom is 0.168 e. The van der Waals surface area contributed by atoms with Crippen molar-refractivity contribution in [2.24, 2.45) is 0 Å². The molecule has 1 aromatic heterocycles. The van der Waals surface area contributed by atoms with Gasteiger partial charge in [-0.1, -0.05) is 23.7 Å². The minimum atomic E-state index is -2.72. The Morgan fingerprint density at radius 2 is 1.88 bits per heavy atom. The molecule has 0 unspecified atom stereocenters. The molecule has 0 aliphatic rings. The Labute approximate surface area is 152 Å². The molecule has 0 amide bonds. The lowest BCUT2D eigenvalue weighted by molar-refractivity contribution is 0.479. The minimum absolute atomic E-state index is 0.244. The Balaban J connectivity index is 1.85. The smallest absolute Gasteiger partial charge is 0.168 e. The summed E-state index contributed by atoms with van der Waals surface area (Å²) >= 11 is 6.12. The number of rotatable bonds is 6. The fourth-order valence-electron chi connectivity index (χ4n) is 2.28. The number of benzene rings is 2. The molecule has 0 atom stereocenters. The van der Waals surface area contributed by atoms with Gasteiger partial charge in [0.2, 0.25) is 0 Å². The van der Waals surface area contributed by atoms with Crippen LogP contribution in [0.5, 0.6) is 11.5 Å². The van der Waals surface area contributed by atoms with Crippen LogP contribution in [0.4, 0.5) is 5.69 Å². The fraction of sp³-hybridized carbons (Fsp3) is 0.0556. The highest BCUT2D eigenvalue weighted by Gasteiger charge is 2.09. The summed E-state index contributed by atoms with van der Waals surface area (Å²) in [5, 5.41) is 3.72. The van der Waals surface area contributed by atoms with Crippen LogP contribution in [0, 0.1) is 0 Å². The van der Waals surface area contributed by atoms with Crippen LogP contribution in [0.1, 0.15) is 5.56 Å². The Morgan fingerprint density at radius 1 is 1.04 bits per heavy atom. The number of nitrogens with zero attached hydrogens (tertiary/aromatic N) is 1. The first-order chi connectivity index (χ1) is 12.1. The Bertz CT molecular complexity index is 938. The molecule has 5 nitrogen and oxygen atoms in total. The molecule has 0 bridgehead atoms. The predicted octanol–water partition coefficient (Wildman–Crippen LogP) is 4.11. The standard InChI is InChI=1S/C18H15ClN2O3S/c19-16-5-1-2-6-17(16)21-11-13-10-14(7-8-18(13)25(22)23)24-15-4-3-9-20-12-15/h1-10,12,21,25H,11H2. The van der Waals surface area contributed by atoms with Crippen molar-refractivity contribution in [3.8, 4) is 11.5 Å². The van der Waals surface area contributed by atoms with E-state index in [-0.39, 0.29) is 4.90 Å². The van der Waals surface area contributed by atoms with Crippen molar-refractivity contribution >= 4 is 28.0 Å². The van der Waals surface area contributed by atoms with Crippen molar-refractivity contribution in [2.75, 3.05) is 5.32 Å². The van der Waals surface area contributed by atoms with E-state index in [1.807, 2.05) is 18.2 Å². The molecule has 3 aromatic rings. The summed E-state index contributed by atoms with van der Waals surface area (Å²) in [6, 6.07) is 15.6. The fourth-order valence-corrected chi connectivity index (χ4v) is 3.06. The molecule has 128 valence electrons. The van der Waals surface area contributed by atoms with E-state index in [4.69, 9.17) is 16.3 Å². The second kappa shape index (κ2) is 8.00. The number of aromatic nitrogens is 1. The molecule has 7 heteroatoms. The number of nitrogens with one attached hydrogen (secondary N) is 1. The third-order valence-electron chi connectivity index (χ3n) is 3.46. The van der Waals surface area contributed by atoms with Crippen LogP contribution in [0.3, 0.4) is 0 Å². The second-order valence-corrected chi connectivity index (χ2v) is 6.58. The van der Waals surface area contributed by atoms with Crippen molar-refractivity contribution in [2.45, 2.75) is 11.4 Å². The van der Waals surface area contributed by atoms with E-state index in [1.165, 1.54) is 6.07 Å². The third kappa shape index (κ3) is 4.49. The van der Waals surface area contributed by atoms with Gasteiger partial charge in [-0.05, 0) is 48.0 Å². The molecular weight excluding hydrogens is 360 g/mol. The number of hydrogen-bond acceptors (Lipinski definition) is 5. The number of pyridine rings is 1. The zero-order chi connectivity index (χ0) is 17.6. The highest BCUT2D eigenvalue weighted by Crippen LogP contribution is 2.26. The van der Waals surface area contributed by atoms with Gasteiger partial charge in [0.1, 0.15) is 11.5 Å². The summed E-state index contributed by atoms with van der Waals surface area (Å²) in [4.78, 5) is 4.23. The van der Waals surface area contributed by atoms with Gasteiger partial charge in [0.15, 0.2) is 10.7 Å². The zero-order valence-electron chi connectivity index (χ0n) is 13.1. The lowest BCUT2D eigenvalue weighted by Crippen LogP contribution is -2.03. The Kier molecular flexibility index (Phi) is 5.53. The van der Waals surface area contributed by atoms with Crippen molar-refractivity contribution in [3.05, 3.63) is 77.6 Å². The molecular formula is C18H15ClN2O3S. The van der Waals surface area contributed by atoms with Crippen LogP contribution in [0.15, 0.2) is 71.9 Å². The van der Waals surface area contributed by atoms with Gasteiger partial charge in [0, 0.05) is 12.7 Å². The SMILES string of the molecule is O=[SH](=O)c1ccc(Oc2cccnc2)cc1CNc1ccccc1Cl. The third-order valence-corrected chi connectivity index (χ3v) is 4.62. The molecule has 3 rings (SSSR count). The molecule has 2 aromatic carbocycles. The van der Waals surface area contributed by atoms with Crippen LogP contribution in [0.25, 0.3) is 0 Å². The van der Waals surface area contributed by atoms with Crippen LogP contribution in [0.2, 0.25) is 5.02 Å². The highest BCUT2D eigenvalue weighted by atomic mass is 35.5. The van der Waals surface area contributed by atoms with E-state index in [9.17, 15) is 8.42 Å². The van der Waals surface area contributed by atoms with E-state index in [2.05, 4.69) is 10.3 Å². The van der Waals surface area contributed by atoms with Gasteiger partial charge in [-0.15, -0.1) is 0 Å². The number of thiol groups is 1. The normalized spacial score (nSPS) is 10.6. The lowest BCUT2D eigenvalue weighted by Gasteiger charge is -2.12. The molecule has 0 aliphatic heterocycles. The molecule has 1 heterocycles. The maximum atomic E-state index is 11.5. The number of halogens is 1. The van der Waals surface area contributed by atoms with Gasteiger partial charge in [-0.25, -0.2) is 8.42 Å². The van der Waals surface area contributed by atoms with Crippen LogP contribution in [-0.2, 0) is 17.2 Å². The molecule has 0 radical (unpaired) electrons. The van der Waals surface area contributed by atoms with Gasteiger partial charge in [-0.3, -0.25) is 4.98 Å². The van der Waals surface area contributed by atoms with Gasteiger partial charge in [-0.2, -0.15) is 0 Å². The van der Waals surface area contributed by atoms with Crippen LogP contribution < -0.4 is 10.1 Å². The van der Waals surface area contributed by atoms with E-state index >= 15 is 0 Å². The molecule has 0 saturated carbocycles. The topological polar surface area (TPSA) is 68.3 Å². The Morgan fingerprint density at radius 3 is 2.60 bits per heavy atom. The minimum Gasteiger partial charge on any atom is -0.456 e. The van der Waals surface area contributed by atoms with Crippen molar-refractivity contribution in [3.63, 3.8) is 0 Å². The Hall–Kier alpha value is -2.57. The second-order valence-electron chi connectivity index (χ2n) is 5.17. The number of para-hydroxylation sites is 1. The van der Waals surface area contributed by atoms with Gasteiger partial charge in [0.05, 0.1) is 21.8 Å². The van der Waals surface area contributed by atoms with E-state index < -0.39 is 10.7 Å². The average molecular weight is 375 g/mol. The van der Waals surface area contributed by atoms with Crippen LogP contribution in [-0.4, -0.2) is 13.4 Å². The van der Waals surface area contributed by atoms with Gasteiger partial charge >= 0.3 is 0 Å². The van der Waals surface area contributed by atoms with E-state index in [0.29, 0.717) is 28.6 Å². The maximum absolute atomic E-state index is 11.5. The summed E-state index contributed by atoms with van der Waals surface area (Å²) in [7, 11) is -2.72. The highest BCUT2D eigenvalue weighted by molar-refractivity contribution is 7.72. The molecule has 0 spiro atoms. The first kappa shape index (κ1) is 17.3. The number of hydrogen-bond donors (Lipinski definition) is 2. The summed E-state index contributed by atoms with van der Waals surface area (Å²) in [6.07, 6.45) is 3.24. The summed E-state index contributed by atoms with van der Waals surface area (Å²) in [5.74, 6) is 1.11. The molecule has 0 fully saturated rings. The van der Waals surface area contributed by atoms with E-state index in [0.717, 1.165) is 5.69 Å². The monoisotopic (exact) mass is 374 g/mol. The number of anilines is 1. The van der Waals surface area contributed by atoms with E-state index in [1.54, 1.807) is 42.7 Å². The van der Waals surface area contributed by atoms with Crippen molar-refractivity contribution in [1.82, 2.24) is 4.98 Å². The first-order valence-corrected chi connectivity index (χ1v) is 9.02.